The number of anilines is 1. The first kappa shape index (κ1) is 11.1. The summed E-state index contributed by atoms with van der Waals surface area (Å²) in [6.07, 6.45) is 7.12. The Labute approximate surface area is 105 Å². The molecule has 1 aromatic rings. The van der Waals surface area contributed by atoms with Gasteiger partial charge in [0.1, 0.15) is 0 Å². The van der Waals surface area contributed by atoms with E-state index in [-0.39, 0.29) is 0 Å². The third-order valence-corrected chi connectivity index (χ3v) is 4.84. The highest BCUT2D eigenvalue weighted by Gasteiger charge is 2.38. The molecular weight excluding hydrogens is 206 g/mol. The molecule has 3 unspecified atom stereocenters. The van der Waals surface area contributed by atoms with Crippen LogP contribution >= 0.6 is 0 Å². The molecule has 3 atom stereocenters. The van der Waals surface area contributed by atoms with Crippen molar-refractivity contribution >= 4 is 5.69 Å². The van der Waals surface area contributed by atoms with Gasteiger partial charge < -0.3 is 5.32 Å². The van der Waals surface area contributed by atoms with Crippen LogP contribution in [-0.2, 0) is 6.42 Å². The van der Waals surface area contributed by atoms with Crippen LogP contribution in [-0.4, -0.2) is 6.54 Å². The van der Waals surface area contributed by atoms with Gasteiger partial charge in [-0.1, -0.05) is 31.5 Å². The molecule has 2 aliphatic carbocycles. The van der Waals surface area contributed by atoms with E-state index in [1.165, 1.54) is 43.5 Å². The molecule has 3 rings (SSSR count). The van der Waals surface area contributed by atoms with Crippen molar-refractivity contribution in [1.29, 1.82) is 0 Å². The second-order valence-corrected chi connectivity index (χ2v) is 5.83. The summed E-state index contributed by atoms with van der Waals surface area (Å²) in [6.45, 7) is 3.43. The first-order valence-electron chi connectivity index (χ1n) is 7.18. The van der Waals surface area contributed by atoms with E-state index in [1.807, 2.05) is 0 Å². The molecule has 2 aliphatic rings. The highest BCUT2D eigenvalue weighted by molar-refractivity contribution is 5.51. The molecule has 0 aliphatic heterocycles. The van der Waals surface area contributed by atoms with Crippen LogP contribution in [0.3, 0.4) is 0 Å². The summed E-state index contributed by atoms with van der Waals surface area (Å²) in [5, 5.41) is 3.69. The third kappa shape index (κ3) is 2.20. The van der Waals surface area contributed by atoms with Crippen molar-refractivity contribution in [2.45, 2.75) is 39.0 Å². The fraction of sp³-hybridized carbons (Fsp3) is 0.625. The topological polar surface area (TPSA) is 12.0 Å². The predicted octanol–water partition coefficient (Wildman–Crippen LogP) is 4.10. The second-order valence-electron chi connectivity index (χ2n) is 5.83. The number of nitrogens with one attached hydrogen (secondary N) is 1. The minimum atomic E-state index is 0.943. The van der Waals surface area contributed by atoms with Crippen LogP contribution in [0.4, 0.5) is 5.69 Å². The molecule has 1 N–H and O–H groups in total. The molecule has 17 heavy (non-hydrogen) atoms. The summed E-state index contributed by atoms with van der Waals surface area (Å²) in [5.74, 6) is 3.04. The fourth-order valence-electron chi connectivity index (χ4n) is 3.87. The van der Waals surface area contributed by atoms with Gasteiger partial charge in [-0.2, -0.15) is 0 Å². The highest BCUT2D eigenvalue weighted by atomic mass is 14.9. The Bertz CT molecular complexity index is 385. The number of aryl methyl sites for hydroxylation is 1. The number of hydrogen-bond acceptors (Lipinski definition) is 1. The van der Waals surface area contributed by atoms with Crippen molar-refractivity contribution in [1.82, 2.24) is 0 Å². The first-order valence-corrected chi connectivity index (χ1v) is 7.18. The zero-order valence-corrected chi connectivity index (χ0v) is 10.8. The standard InChI is InChI=1S/C16H23N/c1-2-13-5-3-4-6-16(13)17-11-15-10-12-7-8-14(15)9-12/h3-6,12,14-15,17H,2,7-11H2,1H3. The number of para-hydroxylation sites is 1. The normalized spacial score (nSPS) is 30.8. The van der Waals surface area contributed by atoms with E-state index >= 15 is 0 Å². The smallest absolute Gasteiger partial charge is 0.0372 e. The zero-order valence-electron chi connectivity index (χ0n) is 10.8. The van der Waals surface area contributed by atoms with Gasteiger partial charge in [0.2, 0.25) is 0 Å². The van der Waals surface area contributed by atoms with Crippen LogP contribution in [0.2, 0.25) is 0 Å². The van der Waals surface area contributed by atoms with E-state index in [4.69, 9.17) is 0 Å². The summed E-state index contributed by atoms with van der Waals surface area (Å²) in [5.41, 5.74) is 2.81. The van der Waals surface area contributed by atoms with Crippen LogP contribution in [0, 0.1) is 17.8 Å². The number of rotatable bonds is 4. The average Bonchev–Trinajstić information content (AvgIpc) is 2.98. The average molecular weight is 229 g/mol. The molecule has 2 bridgehead atoms. The Kier molecular flexibility index (Phi) is 3.09. The summed E-state index contributed by atoms with van der Waals surface area (Å²) in [7, 11) is 0. The summed E-state index contributed by atoms with van der Waals surface area (Å²) < 4.78 is 0. The van der Waals surface area contributed by atoms with Crippen molar-refractivity contribution in [3.05, 3.63) is 29.8 Å². The van der Waals surface area contributed by atoms with Gasteiger partial charge in [0.25, 0.3) is 0 Å². The van der Waals surface area contributed by atoms with E-state index in [1.54, 1.807) is 0 Å². The quantitative estimate of drug-likeness (QED) is 0.819. The number of fused-ring (bicyclic) bond motifs is 2. The fourth-order valence-corrected chi connectivity index (χ4v) is 3.87. The lowest BCUT2D eigenvalue weighted by atomic mass is 9.89. The molecule has 0 amide bonds. The van der Waals surface area contributed by atoms with E-state index in [0.717, 1.165) is 24.2 Å². The molecule has 0 radical (unpaired) electrons. The van der Waals surface area contributed by atoms with Crippen molar-refractivity contribution in [2.24, 2.45) is 17.8 Å². The first-order chi connectivity index (χ1) is 8.36. The Balaban J connectivity index is 1.60. The molecule has 1 heteroatoms. The van der Waals surface area contributed by atoms with Crippen LogP contribution in [0.25, 0.3) is 0 Å². The highest BCUT2D eigenvalue weighted by Crippen LogP contribution is 2.48. The summed E-state index contributed by atoms with van der Waals surface area (Å²) >= 11 is 0. The van der Waals surface area contributed by atoms with Gasteiger partial charge in [0.05, 0.1) is 0 Å². The van der Waals surface area contributed by atoms with E-state index < -0.39 is 0 Å². The van der Waals surface area contributed by atoms with E-state index in [0.29, 0.717) is 0 Å². The summed E-state index contributed by atoms with van der Waals surface area (Å²) in [4.78, 5) is 0. The lowest BCUT2D eigenvalue weighted by Crippen LogP contribution is -2.20. The molecular formula is C16H23N. The lowest BCUT2D eigenvalue weighted by Gasteiger charge is -2.23. The van der Waals surface area contributed by atoms with Crippen LogP contribution in [0.15, 0.2) is 24.3 Å². The van der Waals surface area contributed by atoms with E-state index in [9.17, 15) is 0 Å². The monoisotopic (exact) mass is 229 g/mol. The molecule has 92 valence electrons. The Morgan fingerprint density at radius 1 is 1.18 bits per heavy atom. The van der Waals surface area contributed by atoms with Crippen molar-refractivity contribution < 1.29 is 0 Å². The van der Waals surface area contributed by atoms with Crippen molar-refractivity contribution in [3.8, 4) is 0 Å². The predicted molar refractivity (Wildman–Crippen MR) is 73.2 cm³/mol. The molecule has 0 spiro atoms. The number of benzene rings is 1. The Morgan fingerprint density at radius 3 is 2.76 bits per heavy atom. The molecule has 1 aromatic carbocycles. The van der Waals surface area contributed by atoms with Crippen LogP contribution < -0.4 is 5.32 Å². The van der Waals surface area contributed by atoms with Crippen LogP contribution in [0.5, 0.6) is 0 Å². The molecule has 0 saturated heterocycles. The maximum Gasteiger partial charge on any atom is 0.0372 e. The Hall–Kier alpha value is -0.980. The van der Waals surface area contributed by atoms with Gasteiger partial charge in [-0.25, -0.2) is 0 Å². The minimum Gasteiger partial charge on any atom is -0.385 e. The van der Waals surface area contributed by atoms with Gasteiger partial charge in [-0.05, 0) is 55.1 Å². The second kappa shape index (κ2) is 4.72. The van der Waals surface area contributed by atoms with Crippen molar-refractivity contribution in [3.63, 3.8) is 0 Å². The van der Waals surface area contributed by atoms with Crippen LogP contribution in [0.1, 0.15) is 38.2 Å². The van der Waals surface area contributed by atoms with Gasteiger partial charge in [0.15, 0.2) is 0 Å². The van der Waals surface area contributed by atoms with Gasteiger partial charge in [-0.3, -0.25) is 0 Å². The Morgan fingerprint density at radius 2 is 2.06 bits per heavy atom. The van der Waals surface area contributed by atoms with Gasteiger partial charge in [-0.15, -0.1) is 0 Å². The maximum absolute atomic E-state index is 3.69. The zero-order chi connectivity index (χ0) is 11.7. The lowest BCUT2D eigenvalue weighted by molar-refractivity contribution is 0.348. The summed E-state index contributed by atoms with van der Waals surface area (Å²) in [6, 6.07) is 8.75. The molecule has 0 heterocycles. The SMILES string of the molecule is CCc1ccccc1NCC1CC2CCC1C2. The largest absolute Gasteiger partial charge is 0.385 e. The van der Waals surface area contributed by atoms with E-state index in [2.05, 4.69) is 36.5 Å². The molecule has 0 aromatic heterocycles. The third-order valence-electron chi connectivity index (χ3n) is 4.84. The van der Waals surface area contributed by atoms with Crippen molar-refractivity contribution in [2.75, 3.05) is 11.9 Å². The van der Waals surface area contributed by atoms with Gasteiger partial charge >= 0.3 is 0 Å². The van der Waals surface area contributed by atoms with Gasteiger partial charge in [0, 0.05) is 12.2 Å². The molecule has 2 saturated carbocycles. The molecule has 1 nitrogen and oxygen atoms in total. The molecule has 2 fully saturated rings. The maximum atomic E-state index is 3.69. The minimum absolute atomic E-state index is 0.943. The number of hydrogen-bond donors (Lipinski definition) is 1.